The van der Waals surface area contributed by atoms with Gasteiger partial charge in [0.2, 0.25) is 0 Å². The largest absolute Gasteiger partial charge is 0.426 e. The summed E-state index contributed by atoms with van der Waals surface area (Å²) in [5.74, 6) is 0.437. The molecule has 0 aliphatic rings. The Labute approximate surface area is 186 Å². The van der Waals surface area contributed by atoms with E-state index < -0.39 is 22.6 Å². The first-order valence-corrected chi connectivity index (χ1v) is 12.2. The normalized spacial score (nSPS) is 13.3. The smallest absolute Gasteiger partial charge is 0.401 e. The Hall–Kier alpha value is -1.84. The molecule has 0 fully saturated rings. The maximum absolute atomic E-state index is 10.1. The van der Waals surface area contributed by atoms with Crippen molar-refractivity contribution >= 4 is 17.2 Å². The lowest BCUT2D eigenvalue weighted by atomic mass is 9.73. The minimum atomic E-state index is -2.72. The van der Waals surface area contributed by atoms with Gasteiger partial charge in [-0.15, -0.1) is 0 Å². The summed E-state index contributed by atoms with van der Waals surface area (Å²) in [6.07, 6.45) is 0. The van der Waals surface area contributed by atoms with Crippen LogP contribution in [0.25, 0.3) is 0 Å². The molecule has 3 aromatic rings. The van der Waals surface area contributed by atoms with E-state index in [1.807, 2.05) is 48.5 Å². The third-order valence-corrected chi connectivity index (χ3v) is 7.18. The topological polar surface area (TPSA) is 79.2 Å². The lowest BCUT2D eigenvalue weighted by molar-refractivity contribution is 0.327. The molecule has 1 unspecified atom stereocenters. The molecule has 0 amide bonds. The summed E-state index contributed by atoms with van der Waals surface area (Å²) in [6, 6.07) is 26.2. The SMILES string of the molecule is CC(C)(c1ccccc1)c1ccc(OP(O)OP(O)O)c(C(C)(C)c2ccccc2)c1. The molecule has 3 N–H and O–H groups in total. The molecule has 0 radical (unpaired) electrons. The molecule has 3 rings (SSSR count). The lowest BCUT2D eigenvalue weighted by Gasteiger charge is -2.32. The molecule has 0 bridgehead atoms. The van der Waals surface area contributed by atoms with Gasteiger partial charge >= 0.3 is 17.2 Å². The summed E-state index contributed by atoms with van der Waals surface area (Å²) in [4.78, 5) is 28.2. The second-order valence-electron chi connectivity index (χ2n) is 8.36. The predicted octanol–water partition coefficient (Wildman–Crippen LogP) is 6.16. The summed E-state index contributed by atoms with van der Waals surface area (Å²) >= 11 is 0. The van der Waals surface area contributed by atoms with Crippen molar-refractivity contribution in [2.75, 3.05) is 0 Å². The first-order valence-electron chi connectivity index (χ1n) is 9.91. The maximum Gasteiger partial charge on any atom is 0.401 e. The van der Waals surface area contributed by atoms with E-state index in [4.69, 9.17) is 14.3 Å². The van der Waals surface area contributed by atoms with E-state index in [2.05, 4.69) is 62.3 Å². The molecular weight excluding hydrogens is 430 g/mol. The molecule has 0 aromatic heterocycles. The summed E-state index contributed by atoms with van der Waals surface area (Å²) in [5, 5.41) is 0. The van der Waals surface area contributed by atoms with Crippen LogP contribution < -0.4 is 4.52 Å². The van der Waals surface area contributed by atoms with Crippen molar-refractivity contribution in [2.45, 2.75) is 38.5 Å². The Morgan fingerprint density at radius 3 is 1.68 bits per heavy atom. The molecule has 0 aliphatic carbocycles. The molecule has 0 aliphatic heterocycles. The van der Waals surface area contributed by atoms with Crippen molar-refractivity contribution in [3.8, 4) is 5.75 Å². The highest BCUT2D eigenvalue weighted by Crippen LogP contribution is 2.49. The van der Waals surface area contributed by atoms with Crippen molar-refractivity contribution in [1.82, 2.24) is 0 Å². The van der Waals surface area contributed by atoms with Crippen molar-refractivity contribution in [3.05, 3.63) is 101 Å². The molecule has 0 heterocycles. The molecule has 3 aromatic carbocycles. The second kappa shape index (κ2) is 9.75. The molecular formula is C24H28O5P2. The highest BCUT2D eigenvalue weighted by Gasteiger charge is 2.31. The summed E-state index contributed by atoms with van der Waals surface area (Å²) in [7, 11) is -5.20. The van der Waals surface area contributed by atoms with Gasteiger partial charge in [0, 0.05) is 16.4 Å². The van der Waals surface area contributed by atoms with Gasteiger partial charge in [0.15, 0.2) is 0 Å². The minimum Gasteiger partial charge on any atom is -0.426 e. The summed E-state index contributed by atoms with van der Waals surface area (Å²) < 4.78 is 10.3. The third-order valence-electron chi connectivity index (χ3n) is 5.68. The summed E-state index contributed by atoms with van der Waals surface area (Å²) in [5.41, 5.74) is 3.53. The van der Waals surface area contributed by atoms with Crippen molar-refractivity contribution < 1.29 is 23.5 Å². The zero-order valence-corrected chi connectivity index (χ0v) is 19.8. The van der Waals surface area contributed by atoms with Crippen molar-refractivity contribution in [3.63, 3.8) is 0 Å². The Morgan fingerprint density at radius 2 is 1.16 bits per heavy atom. The number of benzene rings is 3. The van der Waals surface area contributed by atoms with Crippen LogP contribution in [0.4, 0.5) is 0 Å². The number of hydrogen-bond donors (Lipinski definition) is 3. The fourth-order valence-electron chi connectivity index (χ4n) is 3.68. The van der Waals surface area contributed by atoms with Gasteiger partial charge in [-0.25, -0.2) is 4.31 Å². The van der Waals surface area contributed by atoms with Gasteiger partial charge in [0.25, 0.3) is 0 Å². The molecule has 31 heavy (non-hydrogen) atoms. The van der Waals surface area contributed by atoms with E-state index >= 15 is 0 Å². The Morgan fingerprint density at radius 1 is 0.645 bits per heavy atom. The maximum atomic E-state index is 10.1. The Bertz CT molecular complexity index is 991. The van der Waals surface area contributed by atoms with E-state index in [0.29, 0.717) is 5.75 Å². The minimum absolute atomic E-state index is 0.258. The van der Waals surface area contributed by atoms with E-state index in [9.17, 15) is 4.89 Å². The van der Waals surface area contributed by atoms with Crippen LogP contribution in [-0.4, -0.2) is 14.7 Å². The second-order valence-corrected chi connectivity index (χ2v) is 10.2. The van der Waals surface area contributed by atoms with Gasteiger partial charge in [-0.05, 0) is 22.8 Å². The standard InChI is InChI=1S/C24H28O5P2/c1-23(2,18-11-7-5-8-12-18)20-15-16-22(28-31(27)29-30(25)26)21(17-20)24(3,4)19-13-9-6-10-14-19/h5-17,25-27H,1-4H3. The zero-order chi connectivity index (χ0) is 22.6. The Kier molecular flexibility index (Phi) is 7.49. The van der Waals surface area contributed by atoms with Crippen LogP contribution in [0.1, 0.15) is 49.9 Å². The van der Waals surface area contributed by atoms with Crippen molar-refractivity contribution in [1.29, 1.82) is 0 Å². The average molecular weight is 458 g/mol. The third kappa shape index (κ3) is 5.51. The van der Waals surface area contributed by atoms with Gasteiger partial charge < -0.3 is 19.2 Å². The average Bonchev–Trinajstić information content (AvgIpc) is 2.74. The van der Waals surface area contributed by atoms with Crippen molar-refractivity contribution in [2.24, 2.45) is 0 Å². The van der Waals surface area contributed by atoms with E-state index in [0.717, 1.165) is 16.7 Å². The van der Waals surface area contributed by atoms with E-state index in [1.54, 1.807) is 0 Å². The molecule has 7 heteroatoms. The number of hydrogen-bond acceptors (Lipinski definition) is 5. The number of rotatable bonds is 8. The zero-order valence-electron chi connectivity index (χ0n) is 18.1. The van der Waals surface area contributed by atoms with Crippen LogP contribution in [0.15, 0.2) is 78.9 Å². The lowest BCUT2D eigenvalue weighted by Crippen LogP contribution is -2.23. The molecule has 164 valence electrons. The van der Waals surface area contributed by atoms with Gasteiger partial charge in [-0.3, -0.25) is 0 Å². The first kappa shape index (κ1) is 23.8. The van der Waals surface area contributed by atoms with Gasteiger partial charge in [0.1, 0.15) is 5.75 Å². The van der Waals surface area contributed by atoms with Crippen LogP contribution in [0.5, 0.6) is 5.75 Å². The van der Waals surface area contributed by atoms with Gasteiger partial charge in [-0.1, -0.05) is 100 Å². The fraction of sp³-hybridized carbons (Fsp3) is 0.250. The van der Waals surface area contributed by atoms with Gasteiger partial charge in [0.05, 0.1) is 0 Å². The first-order chi connectivity index (χ1) is 14.6. The quantitative estimate of drug-likeness (QED) is 0.352. The highest BCUT2D eigenvalue weighted by atomic mass is 31.2. The molecule has 5 nitrogen and oxygen atoms in total. The van der Waals surface area contributed by atoms with E-state index in [-0.39, 0.29) is 5.41 Å². The van der Waals surface area contributed by atoms with Crippen LogP contribution in [-0.2, 0) is 15.1 Å². The van der Waals surface area contributed by atoms with Gasteiger partial charge in [-0.2, -0.15) is 0 Å². The Balaban J connectivity index is 2.11. The van der Waals surface area contributed by atoms with Crippen LogP contribution in [0, 0.1) is 0 Å². The van der Waals surface area contributed by atoms with Crippen LogP contribution in [0.3, 0.4) is 0 Å². The fourth-order valence-corrected chi connectivity index (χ4v) is 4.64. The molecule has 1 atom stereocenters. The van der Waals surface area contributed by atoms with Crippen LogP contribution in [0.2, 0.25) is 0 Å². The highest BCUT2D eigenvalue weighted by molar-refractivity contribution is 7.54. The monoisotopic (exact) mass is 458 g/mol. The molecule has 0 saturated carbocycles. The molecule has 0 spiro atoms. The predicted molar refractivity (Wildman–Crippen MR) is 126 cm³/mol. The van der Waals surface area contributed by atoms with E-state index in [1.165, 1.54) is 5.56 Å². The van der Waals surface area contributed by atoms with Crippen LogP contribution >= 0.6 is 17.2 Å². The summed E-state index contributed by atoms with van der Waals surface area (Å²) in [6.45, 7) is 8.53. The molecule has 0 saturated heterocycles.